The van der Waals surface area contributed by atoms with Gasteiger partial charge in [0.1, 0.15) is 5.82 Å². The molecule has 0 aliphatic rings. The second-order valence-corrected chi connectivity index (χ2v) is 3.56. The van der Waals surface area contributed by atoms with Gasteiger partial charge in [-0.1, -0.05) is 23.7 Å². The van der Waals surface area contributed by atoms with Crippen LogP contribution in [0.25, 0.3) is 11.1 Å². The first-order valence-corrected chi connectivity index (χ1v) is 4.80. The van der Waals surface area contributed by atoms with Gasteiger partial charge in [-0.25, -0.2) is 4.39 Å². The molecule has 2 aromatic rings. The first kappa shape index (κ1) is 10.1. The molecular formula is C11H8ClFN2. The van der Waals surface area contributed by atoms with Crippen LogP contribution in [0.1, 0.15) is 5.69 Å². The maximum atomic E-state index is 13.0. The van der Waals surface area contributed by atoms with Crippen molar-refractivity contribution in [2.24, 2.45) is 0 Å². The molecule has 1 heterocycles. The van der Waals surface area contributed by atoms with Crippen LogP contribution in [0.2, 0.25) is 5.15 Å². The van der Waals surface area contributed by atoms with Gasteiger partial charge in [-0.3, -0.25) is 0 Å². The van der Waals surface area contributed by atoms with E-state index in [9.17, 15) is 4.39 Å². The van der Waals surface area contributed by atoms with Gasteiger partial charge in [0.25, 0.3) is 0 Å². The molecule has 0 saturated carbocycles. The summed E-state index contributed by atoms with van der Waals surface area (Å²) >= 11 is 5.74. The third-order valence-electron chi connectivity index (χ3n) is 2.08. The number of aromatic nitrogens is 2. The quantitative estimate of drug-likeness (QED) is 0.740. The van der Waals surface area contributed by atoms with Crippen molar-refractivity contribution < 1.29 is 4.39 Å². The van der Waals surface area contributed by atoms with Crippen molar-refractivity contribution in [2.45, 2.75) is 6.92 Å². The summed E-state index contributed by atoms with van der Waals surface area (Å²) in [7, 11) is 0. The molecule has 0 aliphatic carbocycles. The molecule has 1 aromatic heterocycles. The Morgan fingerprint density at radius 3 is 2.73 bits per heavy atom. The first-order chi connectivity index (χ1) is 7.16. The molecule has 2 nitrogen and oxygen atoms in total. The van der Waals surface area contributed by atoms with Gasteiger partial charge in [0.15, 0.2) is 5.15 Å². The van der Waals surface area contributed by atoms with Crippen LogP contribution in [-0.4, -0.2) is 10.2 Å². The predicted octanol–water partition coefficient (Wildman–Crippen LogP) is 3.24. The summed E-state index contributed by atoms with van der Waals surface area (Å²) in [5, 5.41) is 7.89. The smallest absolute Gasteiger partial charge is 0.152 e. The SMILES string of the molecule is Cc1nnc(Cl)cc1-c1cccc(F)c1. The fourth-order valence-corrected chi connectivity index (χ4v) is 1.52. The highest BCUT2D eigenvalue weighted by Crippen LogP contribution is 2.24. The molecule has 0 N–H and O–H groups in total. The lowest BCUT2D eigenvalue weighted by atomic mass is 10.1. The minimum absolute atomic E-state index is 0.278. The molecule has 0 amide bonds. The maximum Gasteiger partial charge on any atom is 0.152 e. The van der Waals surface area contributed by atoms with E-state index >= 15 is 0 Å². The topological polar surface area (TPSA) is 25.8 Å². The monoisotopic (exact) mass is 222 g/mol. The van der Waals surface area contributed by atoms with Gasteiger partial charge in [-0.15, -0.1) is 5.10 Å². The Bertz CT molecular complexity index is 500. The van der Waals surface area contributed by atoms with E-state index in [1.807, 2.05) is 13.0 Å². The van der Waals surface area contributed by atoms with Gasteiger partial charge < -0.3 is 0 Å². The summed E-state index contributed by atoms with van der Waals surface area (Å²) < 4.78 is 13.0. The van der Waals surface area contributed by atoms with Crippen LogP contribution >= 0.6 is 11.6 Å². The zero-order valence-electron chi connectivity index (χ0n) is 8.04. The van der Waals surface area contributed by atoms with E-state index in [-0.39, 0.29) is 5.82 Å². The third kappa shape index (κ3) is 2.13. The lowest BCUT2D eigenvalue weighted by Gasteiger charge is -2.04. The zero-order valence-corrected chi connectivity index (χ0v) is 8.79. The molecule has 15 heavy (non-hydrogen) atoms. The van der Waals surface area contributed by atoms with Gasteiger partial charge in [-0.05, 0) is 30.7 Å². The van der Waals surface area contributed by atoms with Crippen molar-refractivity contribution in [2.75, 3.05) is 0 Å². The van der Waals surface area contributed by atoms with E-state index < -0.39 is 0 Å². The summed E-state index contributed by atoms with van der Waals surface area (Å²) in [6, 6.07) is 7.98. The predicted molar refractivity (Wildman–Crippen MR) is 57.2 cm³/mol. The van der Waals surface area contributed by atoms with E-state index in [0.29, 0.717) is 5.15 Å². The average molecular weight is 223 g/mol. The molecule has 0 spiro atoms. The normalized spacial score (nSPS) is 10.3. The van der Waals surface area contributed by atoms with E-state index in [2.05, 4.69) is 10.2 Å². The number of hydrogen-bond acceptors (Lipinski definition) is 2. The molecule has 0 aliphatic heterocycles. The van der Waals surface area contributed by atoms with Gasteiger partial charge in [0, 0.05) is 5.56 Å². The Hall–Kier alpha value is -1.48. The highest BCUT2D eigenvalue weighted by atomic mass is 35.5. The van der Waals surface area contributed by atoms with E-state index in [1.54, 1.807) is 12.1 Å². The Morgan fingerprint density at radius 1 is 1.20 bits per heavy atom. The van der Waals surface area contributed by atoms with Crippen molar-refractivity contribution in [3.63, 3.8) is 0 Å². The van der Waals surface area contributed by atoms with Gasteiger partial charge >= 0.3 is 0 Å². The van der Waals surface area contributed by atoms with Crippen LogP contribution < -0.4 is 0 Å². The second kappa shape index (κ2) is 3.95. The van der Waals surface area contributed by atoms with Gasteiger partial charge in [-0.2, -0.15) is 5.10 Å². The summed E-state index contributed by atoms with van der Waals surface area (Å²) in [4.78, 5) is 0. The lowest BCUT2D eigenvalue weighted by Crippen LogP contribution is -1.91. The van der Waals surface area contributed by atoms with Gasteiger partial charge in [0.05, 0.1) is 5.69 Å². The van der Waals surface area contributed by atoms with Crippen molar-refractivity contribution >= 4 is 11.6 Å². The molecule has 0 saturated heterocycles. The second-order valence-electron chi connectivity index (χ2n) is 3.18. The van der Waals surface area contributed by atoms with Crippen LogP contribution in [0.5, 0.6) is 0 Å². The summed E-state index contributed by atoms with van der Waals surface area (Å²) in [6.45, 7) is 1.81. The van der Waals surface area contributed by atoms with Crippen LogP contribution in [0.15, 0.2) is 30.3 Å². The van der Waals surface area contributed by atoms with Gasteiger partial charge in [0.2, 0.25) is 0 Å². The van der Waals surface area contributed by atoms with Crippen LogP contribution in [0.3, 0.4) is 0 Å². The number of nitrogens with zero attached hydrogens (tertiary/aromatic N) is 2. The number of aryl methyl sites for hydroxylation is 1. The molecule has 0 unspecified atom stereocenters. The standard InChI is InChI=1S/C11H8ClFN2/c1-7-10(6-11(12)15-14-7)8-3-2-4-9(13)5-8/h2-6H,1H3. The Labute approximate surface area is 91.7 Å². The summed E-state index contributed by atoms with van der Waals surface area (Å²) in [5.74, 6) is -0.278. The third-order valence-corrected chi connectivity index (χ3v) is 2.27. The molecule has 0 bridgehead atoms. The van der Waals surface area contributed by atoms with Crippen molar-refractivity contribution in [1.29, 1.82) is 0 Å². The number of benzene rings is 1. The van der Waals surface area contributed by atoms with Crippen LogP contribution in [0, 0.1) is 12.7 Å². The number of rotatable bonds is 1. The summed E-state index contributed by atoms with van der Waals surface area (Å²) in [5.41, 5.74) is 2.28. The number of halogens is 2. The van der Waals surface area contributed by atoms with Crippen molar-refractivity contribution in [3.8, 4) is 11.1 Å². The minimum Gasteiger partial charge on any atom is -0.207 e. The maximum absolute atomic E-state index is 13.0. The largest absolute Gasteiger partial charge is 0.207 e. The minimum atomic E-state index is -0.278. The molecule has 0 fully saturated rings. The van der Waals surface area contributed by atoms with Crippen LogP contribution in [-0.2, 0) is 0 Å². The molecule has 0 radical (unpaired) electrons. The zero-order chi connectivity index (χ0) is 10.8. The fraction of sp³-hybridized carbons (Fsp3) is 0.0909. The van der Waals surface area contributed by atoms with E-state index in [4.69, 9.17) is 11.6 Å². The molecule has 4 heteroatoms. The average Bonchev–Trinajstić information content (AvgIpc) is 2.22. The summed E-state index contributed by atoms with van der Waals surface area (Å²) in [6.07, 6.45) is 0. The fourth-order valence-electron chi connectivity index (χ4n) is 1.38. The Kier molecular flexibility index (Phi) is 2.64. The van der Waals surface area contributed by atoms with E-state index in [0.717, 1.165) is 16.8 Å². The molecule has 0 atom stereocenters. The molecule has 2 rings (SSSR count). The number of hydrogen-bond donors (Lipinski definition) is 0. The molecule has 76 valence electrons. The highest BCUT2D eigenvalue weighted by Gasteiger charge is 2.05. The van der Waals surface area contributed by atoms with E-state index in [1.165, 1.54) is 12.1 Å². The van der Waals surface area contributed by atoms with Crippen LogP contribution in [0.4, 0.5) is 4.39 Å². The van der Waals surface area contributed by atoms with Crippen molar-refractivity contribution in [1.82, 2.24) is 10.2 Å². The Morgan fingerprint density at radius 2 is 2.00 bits per heavy atom. The van der Waals surface area contributed by atoms with Crippen molar-refractivity contribution in [3.05, 3.63) is 47.0 Å². The molecular weight excluding hydrogens is 215 g/mol. The molecule has 1 aromatic carbocycles. The Balaban J connectivity index is 2.58. The highest BCUT2D eigenvalue weighted by molar-refractivity contribution is 6.29. The first-order valence-electron chi connectivity index (χ1n) is 4.42. The lowest BCUT2D eigenvalue weighted by molar-refractivity contribution is 0.628.